The van der Waals surface area contributed by atoms with Crippen molar-refractivity contribution in [3.63, 3.8) is 0 Å². The Kier molecular flexibility index (Phi) is 7.37. The van der Waals surface area contributed by atoms with Crippen LogP contribution in [0.2, 0.25) is 0 Å². The van der Waals surface area contributed by atoms with Crippen LogP contribution >= 0.6 is 0 Å². The summed E-state index contributed by atoms with van der Waals surface area (Å²) in [6.07, 6.45) is 0.261. The van der Waals surface area contributed by atoms with E-state index in [1.807, 2.05) is 6.07 Å². The van der Waals surface area contributed by atoms with Gasteiger partial charge in [-0.2, -0.15) is 0 Å². The molecule has 27 heavy (non-hydrogen) atoms. The molecule has 0 bridgehead atoms. The molecule has 7 heteroatoms. The topological polar surface area (TPSA) is 105 Å². The first-order valence-electron chi connectivity index (χ1n) is 8.48. The van der Waals surface area contributed by atoms with Gasteiger partial charge in [0.25, 0.3) is 5.91 Å². The molecular weight excluding hydrogens is 348 g/mol. The van der Waals surface area contributed by atoms with Gasteiger partial charge in [-0.15, -0.1) is 0 Å². The number of hydrogen-bond acceptors (Lipinski definition) is 5. The SMILES string of the molecule is COC(=O)[C@H](Cc1ccc(O)cc1)NC(=O)CCNC(=O)c1ccccc1. The predicted molar refractivity (Wildman–Crippen MR) is 99.1 cm³/mol. The van der Waals surface area contributed by atoms with Crippen molar-refractivity contribution in [3.8, 4) is 5.75 Å². The molecule has 0 aromatic heterocycles. The Morgan fingerprint density at radius 1 is 1.04 bits per heavy atom. The molecular formula is C20H22N2O5. The van der Waals surface area contributed by atoms with Crippen molar-refractivity contribution in [1.82, 2.24) is 10.6 Å². The summed E-state index contributed by atoms with van der Waals surface area (Å²) in [7, 11) is 1.25. The largest absolute Gasteiger partial charge is 0.508 e. The molecule has 0 aliphatic rings. The highest BCUT2D eigenvalue weighted by Gasteiger charge is 2.22. The maximum atomic E-state index is 12.1. The fraction of sp³-hybridized carbons (Fsp3) is 0.250. The van der Waals surface area contributed by atoms with Crippen LogP contribution in [0.4, 0.5) is 0 Å². The summed E-state index contributed by atoms with van der Waals surface area (Å²) in [4.78, 5) is 36.0. The van der Waals surface area contributed by atoms with Crippen LogP contribution in [0.3, 0.4) is 0 Å². The molecule has 2 rings (SSSR count). The van der Waals surface area contributed by atoms with Crippen molar-refractivity contribution in [2.75, 3.05) is 13.7 Å². The number of carbonyl (C=O) groups is 3. The molecule has 2 aromatic rings. The highest BCUT2D eigenvalue weighted by Crippen LogP contribution is 2.12. The predicted octanol–water partition coefficient (Wildman–Crippen LogP) is 1.41. The number of aromatic hydroxyl groups is 1. The van der Waals surface area contributed by atoms with Crippen molar-refractivity contribution < 1.29 is 24.2 Å². The van der Waals surface area contributed by atoms with Crippen LogP contribution in [0.15, 0.2) is 54.6 Å². The monoisotopic (exact) mass is 370 g/mol. The number of ether oxygens (including phenoxy) is 1. The minimum absolute atomic E-state index is 0.0294. The van der Waals surface area contributed by atoms with Crippen molar-refractivity contribution in [2.24, 2.45) is 0 Å². The number of amides is 2. The molecule has 142 valence electrons. The van der Waals surface area contributed by atoms with E-state index in [2.05, 4.69) is 10.6 Å². The van der Waals surface area contributed by atoms with E-state index in [9.17, 15) is 19.5 Å². The second kappa shape index (κ2) is 9.96. The van der Waals surface area contributed by atoms with Gasteiger partial charge in [-0.1, -0.05) is 30.3 Å². The number of esters is 1. The van der Waals surface area contributed by atoms with E-state index in [1.54, 1.807) is 36.4 Å². The van der Waals surface area contributed by atoms with E-state index in [4.69, 9.17) is 4.74 Å². The summed E-state index contributed by atoms with van der Waals surface area (Å²) in [6.45, 7) is 0.145. The fourth-order valence-corrected chi connectivity index (χ4v) is 2.45. The molecule has 2 aromatic carbocycles. The molecule has 0 heterocycles. The molecule has 0 unspecified atom stereocenters. The van der Waals surface area contributed by atoms with Gasteiger partial charge in [0.2, 0.25) is 5.91 Å². The van der Waals surface area contributed by atoms with Crippen molar-refractivity contribution in [3.05, 3.63) is 65.7 Å². The Hall–Kier alpha value is -3.35. The minimum Gasteiger partial charge on any atom is -0.508 e. The number of rotatable bonds is 8. The molecule has 0 aliphatic heterocycles. The van der Waals surface area contributed by atoms with Crippen LogP contribution < -0.4 is 10.6 Å². The Balaban J connectivity index is 1.85. The Morgan fingerprint density at radius 2 is 1.70 bits per heavy atom. The number of phenols is 1. The van der Waals surface area contributed by atoms with Crippen LogP contribution in [0.25, 0.3) is 0 Å². The second-order valence-corrected chi connectivity index (χ2v) is 5.89. The van der Waals surface area contributed by atoms with Gasteiger partial charge in [-0.25, -0.2) is 4.79 Å². The lowest BCUT2D eigenvalue weighted by Gasteiger charge is -2.17. The van der Waals surface area contributed by atoms with Gasteiger partial charge in [0, 0.05) is 24.9 Å². The quantitative estimate of drug-likeness (QED) is 0.610. The van der Waals surface area contributed by atoms with E-state index in [0.717, 1.165) is 5.56 Å². The maximum Gasteiger partial charge on any atom is 0.328 e. The van der Waals surface area contributed by atoms with Gasteiger partial charge < -0.3 is 20.5 Å². The normalized spacial score (nSPS) is 11.3. The zero-order chi connectivity index (χ0) is 19.6. The lowest BCUT2D eigenvalue weighted by molar-refractivity contribution is -0.145. The Morgan fingerprint density at radius 3 is 2.33 bits per heavy atom. The summed E-state index contributed by atoms with van der Waals surface area (Å²) < 4.78 is 4.74. The molecule has 0 saturated carbocycles. The number of phenolic OH excluding ortho intramolecular Hbond substituents is 1. The molecule has 3 N–H and O–H groups in total. The minimum atomic E-state index is -0.850. The lowest BCUT2D eigenvalue weighted by Crippen LogP contribution is -2.44. The number of benzene rings is 2. The zero-order valence-electron chi connectivity index (χ0n) is 15.0. The van der Waals surface area contributed by atoms with Gasteiger partial charge in [-0.05, 0) is 29.8 Å². The standard InChI is InChI=1S/C20H22N2O5/c1-27-20(26)17(13-14-7-9-16(23)10-8-14)22-18(24)11-12-21-19(25)15-5-3-2-4-6-15/h2-10,17,23H,11-13H2,1H3,(H,21,25)(H,22,24)/t17-/m0/s1. The van der Waals surface area contributed by atoms with Gasteiger partial charge in [-0.3, -0.25) is 9.59 Å². The highest BCUT2D eigenvalue weighted by molar-refractivity contribution is 5.94. The van der Waals surface area contributed by atoms with E-state index >= 15 is 0 Å². The van der Waals surface area contributed by atoms with Crippen molar-refractivity contribution in [1.29, 1.82) is 0 Å². The molecule has 2 amide bonds. The van der Waals surface area contributed by atoms with E-state index in [1.165, 1.54) is 19.2 Å². The second-order valence-electron chi connectivity index (χ2n) is 5.89. The van der Waals surface area contributed by atoms with Gasteiger partial charge in [0.1, 0.15) is 11.8 Å². The average Bonchev–Trinajstić information content (AvgIpc) is 2.69. The average molecular weight is 370 g/mol. The third-order valence-corrected chi connectivity index (χ3v) is 3.87. The maximum absolute atomic E-state index is 12.1. The number of carbonyl (C=O) groups excluding carboxylic acids is 3. The van der Waals surface area contributed by atoms with Crippen molar-refractivity contribution >= 4 is 17.8 Å². The first kappa shape index (κ1) is 20.0. The van der Waals surface area contributed by atoms with Crippen LogP contribution in [0.1, 0.15) is 22.3 Å². The summed E-state index contributed by atoms with van der Waals surface area (Å²) >= 11 is 0. The molecule has 0 radical (unpaired) electrons. The molecule has 0 fully saturated rings. The van der Waals surface area contributed by atoms with E-state index in [0.29, 0.717) is 5.56 Å². The van der Waals surface area contributed by atoms with Crippen LogP contribution in [-0.2, 0) is 20.7 Å². The molecule has 7 nitrogen and oxygen atoms in total. The molecule has 0 spiro atoms. The third-order valence-electron chi connectivity index (χ3n) is 3.87. The van der Waals surface area contributed by atoms with Crippen LogP contribution in [-0.4, -0.2) is 42.6 Å². The summed E-state index contributed by atoms with van der Waals surface area (Å²) in [5.74, 6) is -1.09. The van der Waals surface area contributed by atoms with Gasteiger partial charge >= 0.3 is 5.97 Å². The summed E-state index contributed by atoms with van der Waals surface area (Å²) in [5, 5.41) is 14.6. The molecule has 0 saturated heterocycles. The zero-order valence-corrected chi connectivity index (χ0v) is 15.0. The number of methoxy groups -OCH3 is 1. The fourth-order valence-electron chi connectivity index (χ4n) is 2.45. The van der Waals surface area contributed by atoms with Gasteiger partial charge in [0.05, 0.1) is 7.11 Å². The molecule has 0 aliphatic carbocycles. The van der Waals surface area contributed by atoms with Crippen LogP contribution in [0.5, 0.6) is 5.75 Å². The molecule has 1 atom stereocenters. The highest BCUT2D eigenvalue weighted by atomic mass is 16.5. The first-order chi connectivity index (χ1) is 13.0. The lowest BCUT2D eigenvalue weighted by atomic mass is 10.1. The Labute approximate surface area is 157 Å². The third kappa shape index (κ3) is 6.47. The summed E-state index contributed by atoms with van der Waals surface area (Å²) in [5.41, 5.74) is 1.28. The van der Waals surface area contributed by atoms with Crippen LogP contribution in [0, 0.1) is 0 Å². The summed E-state index contributed by atoms with van der Waals surface area (Å²) in [6, 6.07) is 14.2. The first-order valence-corrected chi connectivity index (χ1v) is 8.48. The van der Waals surface area contributed by atoms with E-state index in [-0.39, 0.29) is 37.0 Å². The number of nitrogens with one attached hydrogen (secondary N) is 2. The van der Waals surface area contributed by atoms with Gasteiger partial charge in [0.15, 0.2) is 0 Å². The van der Waals surface area contributed by atoms with E-state index < -0.39 is 12.0 Å². The Bertz CT molecular complexity index is 775. The smallest absolute Gasteiger partial charge is 0.328 e. The number of hydrogen-bond donors (Lipinski definition) is 3. The van der Waals surface area contributed by atoms with Crippen molar-refractivity contribution in [2.45, 2.75) is 18.9 Å².